The highest BCUT2D eigenvalue weighted by atomic mass is 16.3. The van der Waals surface area contributed by atoms with Gasteiger partial charge >= 0.3 is 0 Å². The minimum Gasteiger partial charge on any atom is -0.505 e. The van der Waals surface area contributed by atoms with Crippen molar-refractivity contribution in [1.82, 2.24) is 4.90 Å². The number of para-hydroxylation sites is 1. The van der Waals surface area contributed by atoms with Gasteiger partial charge in [0.05, 0.1) is 17.3 Å². The highest BCUT2D eigenvalue weighted by Crippen LogP contribution is 2.43. The SMILES string of the molecule is CN(C)C(=O)c1cccc(Nc2c(NC(c3ccccc3)C3CC3)c(=O)c2=O)c1O. The minimum absolute atomic E-state index is 0.0645. The standard InChI is InChI=1S/C23H23N3O4/c1-26(2)23(30)15-9-6-10-16(20(15)27)24-18-19(22(29)21(18)28)25-17(14-11-12-14)13-7-4-3-5-8-13/h3-10,14,17,24-25,27H,11-12H2,1-2H3. The quantitative estimate of drug-likeness (QED) is 0.413. The van der Waals surface area contributed by atoms with Gasteiger partial charge in [-0.15, -0.1) is 0 Å². The van der Waals surface area contributed by atoms with Crippen LogP contribution in [-0.4, -0.2) is 30.0 Å². The van der Waals surface area contributed by atoms with Crippen LogP contribution in [0.2, 0.25) is 0 Å². The topological polar surface area (TPSA) is 98.7 Å². The van der Waals surface area contributed by atoms with Gasteiger partial charge < -0.3 is 20.6 Å². The van der Waals surface area contributed by atoms with Crippen molar-refractivity contribution in [2.24, 2.45) is 5.92 Å². The number of hydrogen-bond acceptors (Lipinski definition) is 6. The number of amides is 1. The van der Waals surface area contributed by atoms with E-state index in [4.69, 9.17) is 0 Å². The molecule has 3 aromatic carbocycles. The zero-order valence-electron chi connectivity index (χ0n) is 16.8. The fourth-order valence-electron chi connectivity index (χ4n) is 3.56. The Labute approximate surface area is 173 Å². The van der Waals surface area contributed by atoms with E-state index in [1.54, 1.807) is 26.2 Å². The molecule has 3 aromatic rings. The maximum Gasteiger partial charge on any atom is 0.257 e. The molecule has 0 aromatic heterocycles. The summed E-state index contributed by atoms with van der Waals surface area (Å²) in [7, 11) is 3.17. The summed E-state index contributed by atoms with van der Waals surface area (Å²) in [6, 6.07) is 14.4. The van der Waals surface area contributed by atoms with Crippen LogP contribution in [0.4, 0.5) is 17.1 Å². The zero-order chi connectivity index (χ0) is 21.4. The third-order valence-corrected chi connectivity index (χ3v) is 5.39. The monoisotopic (exact) mass is 405 g/mol. The van der Waals surface area contributed by atoms with Crippen molar-refractivity contribution in [2.45, 2.75) is 18.9 Å². The normalized spacial score (nSPS) is 14.3. The molecule has 0 bridgehead atoms. The number of nitrogens with zero attached hydrogens (tertiary/aromatic N) is 1. The van der Waals surface area contributed by atoms with Crippen molar-refractivity contribution < 1.29 is 9.90 Å². The molecule has 0 spiro atoms. The zero-order valence-corrected chi connectivity index (χ0v) is 16.8. The molecule has 3 N–H and O–H groups in total. The molecule has 0 heterocycles. The second kappa shape index (κ2) is 7.67. The maximum absolute atomic E-state index is 12.3. The molecule has 0 aliphatic heterocycles. The smallest absolute Gasteiger partial charge is 0.257 e. The average Bonchev–Trinajstić information content (AvgIpc) is 3.59. The summed E-state index contributed by atoms with van der Waals surface area (Å²) in [6.45, 7) is 0. The number of carbonyl (C=O) groups is 1. The van der Waals surface area contributed by atoms with E-state index in [-0.39, 0.29) is 40.3 Å². The predicted octanol–water partition coefficient (Wildman–Crippen LogP) is 3.00. The van der Waals surface area contributed by atoms with Gasteiger partial charge in [0.1, 0.15) is 11.4 Å². The first-order chi connectivity index (χ1) is 14.4. The number of phenolic OH excluding ortho intramolecular Hbond substituents is 1. The van der Waals surface area contributed by atoms with Gasteiger partial charge in [0.2, 0.25) is 0 Å². The molecule has 7 nitrogen and oxygen atoms in total. The summed E-state index contributed by atoms with van der Waals surface area (Å²) < 4.78 is 0. The highest BCUT2D eigenvalue weighted by molar-refractivity contribution is 5.99. The molecule has 0 saturated heterocycles. The van der Waals surface area contributed by atoms with Crippen LogP contribution in [0.25, 0.3) is 0 Å². The van der Waals surface area contributed by atoms with E-state index >= 15 is 0 Å². The Kier molecular flexibility index (Phi) is 5.03. The summed E-state index contributed by atoms with van der Waals surface area (Å²) in [5.41, 5.74) is 0.443. The lowest BCUT2D eigenvalue weighted by atomic mass is 10.0. The van der Waals surface area contributed by atoms with E-state index in [0.717, 1.165) is 18.4 Å². The summed E-state index contributed by atoms with van der Waals surface area (Å²) in [5.74, 6) is -0.228. The molecule has 30 heavy (non-hydrogen) atoms. The Morgan fingerprint density at radius 3 is 2.30 bits per heavy atom. The molecular formula is C23H23N3O4. The first-order valence-corrected chi connectivity index (χ1v) is 9.84. The lowest BCUT2D eigenvalue weighted by molar-refractivity contribution is 0.0824. The van der Waals surface area contributed by atoms with Gasteiger partial charge in [0.15, 0.2) is 5.75 Å². The fraction of sp³-hybridized carbons (Fsp3) is 0.261. The molecule has 1 amide bonds. The Bertz CT molecular complexity index is 1160. The maximum atomic E-state index is 12.3. The van der Waals surface area contributed by atoms with Crippen molar-refractivity contribution in [3.63, 3.8) is 0 Å². The molecule has 1 atom stereocenters. The van der Waals surface area contributed by atoms with Crippen molar-refractivity contribution in [2.75, 3.05) is 24.7 Å². The summed E-state index contributed by atoms with van der Waals surface area (Å²) in [6.07, 6.45) is 2.11. The predicted molar refractivity (Wildman–Crippen MR) is 116 cm³/mol. The second-order valence-corrected chi connectivity index (χ2v) is 7.80. The van der Waals surface area contributed by atoms with E-state index in [1.807, 2.05) is 30.3 Å². The minimum atomic E-state index is -0.649. The Hall–Kier alpha value is -3.61. The average molecular weight is 405 g/mol. The molecule has 4 rings (SSSR count). The van der Waals surface area contributed by atoms with Crippen molar-refractivity contribution >= 4 is 23.0 Å². The van der Waals surface area contributed by atoms with Crippen LogP contribution in [0.3, 0.4) is 0 Å². The van der Waals surface area contributed by atoms with Crippen LogP contribution >= 0.6 is 0 Å². The molecule has 1 aliphatic carbocycles. The van der Waals surface area contributed by atoms with Gasteiger partial charge in [0.25, 0.3) is 16.8 Å². The van der Waals surface area contributed by atoms with E-state index < -0.39 is 10.9 Å². The Morgan fingerprint density at radius 1 is 1.00 bits per heavy atom. The van der Waals surface area contributed by atoms with Gasteiger partial charge in [0, 0.05) is 14.1 Å². The van der Waals surface area contributed by atoms with Gasteiger partial charge in [-0.3, -0.25) is 14.4 Å². The number of benzene rings is 2. The lowest BCUT2D eigenvalue weighted by Crippen LogP contribution is -2.37. The summed E-state index contributed by atoms with van der Waals surface area (Å²) in [5, 5.41) is 16.6. The van der Waals surface area contributed by atoms with Crippen molar-refractivity contribution in [3.05, 3.63) is 80.1 Å². The van der Waals surface area contributed by atoms with Crippen LogP contribution in [0.15, 0.2) is 58.1 Å². The second-order valence-electron chi connectivity index (χ2n) is 7.80. The third kappa shape index (κ3) is 3.54. The van der Waals surface area contributed by atoms with Crippen LogP contribution < -0.4 is 21.5 Å². The molecule has 154 valence electrons. The molecular weight excluding hydrogens is 382 g/mol. The molecule has 1 unspecified atom stereocenters. The Balaban J connectivity index is 1.63. The van der Waals surface area contributed by atoms with E-state index in [1.165, 1.54) is 11.0 Å². The molecule has 7 heteroatoms. The molecule has 1 fully saturated rings. The molecule has 0 radical (unpaired) electrons. The van der Waals surface area contributed by atoms with Crippen molar-refractivity contribution in [1.29, 1.82) is 0 Å². The van der Waals surface area contributed by atoms with E-state index in [9.17, 15) is 19.5 Å². The van der Waals surface area contributed by atoms with E-state index in [2.05, 4.69) is 10.6 Å². The number of anilines is 3. The van der Waals surface area contributed by atoms with Gasteiger partial charge in [-0.25, -0.2) is 0 Å². The third-order valence-electron chi connectivity index (χ3n) is 5.39. The van der Waals surface area contributed by atoms with Gasteiger partial charge in [-0.1, -0.05) is 36.4 Å². The number of aromatic hydroxyl groups is 1. The van der Waals surface area contributed by atoms with Crippen LogP contribution in [0, 0.1) is 5.92 Å². The summed E-state index contributed by atoms with van der Waals surface area (Å²) >= 11 is 0. The number of hydrogen-bond donors (Lipinski definition) is 3. The lowest BCUT2D eigenvalue weighted by Gasteiger charge is -2.23. The largest absolute Gasteiger partial charge is 0.505 e. The van der Waals surface area contributed by atoms with Gasteiger partial charge in [-0.2, -0.15) is 0 Å². The number of nitrogens with one attached hydrogen (secondary N) is 2. The first-order valence-electron chi connectivity index (χ1n) is 9.84. The van der Waals surface area contributed by atoms with E-state index in [0.29, 0.717) is 5.92 Å². The highest BCUT2D eigenvalue weighted by Gasteiger charge is 2.35. The number of phenols is 1. The summed E-state index contributed by atoms with van der Waals surface area (Å²) in [4.78, 5) is 38.1. The van der Waals surface area contributed by atoms with Crippen LogP contribution in [-0.2, 0) is 0 Å². The fourth-order valence-corrected chi connectivity index (χ4v) is 3.56. The number of carbonyl (C=O) groups excluding carboxylic acids is 1. The Morgan fingerprint density at radius 2 is 1.67 bits per heavy atom. The molecule has 1 aliphatic rings. The molecule has 1 saturated carbocycles. The van der Waals surface area contributed by atoms with Gasteiger partial charge in [-0.05, 0) is 36.5 Å². The number of rotatable bonds is 7. The van der Waals surface area contributed by atoms with Crippen molar-refractivity contribution in [3.8, 4) is 5.75 Å². The van der Waals surface area contributed by atoms with Crippen LogP contribution in [0.1, 0.15) is 34.8 Å². The first kappa shape index (κ1) is 19.7. The van der Waals surface area contributed by atoms with Crippen LogP contribution in [0.5, 0.6) is 5.75 Å².